The number of anilines is 2. The fourth-order valence-electron chi connectivity index (χ4n) is 4.55. The maximum absolute atomic E-state index is 13.5. The molecule has 2 amide bonds. The smallest absolute Gasteiger partial charge is 0.253 e. The zero-order chi connectivity index (χ0) is 22.1. The minimum atomic E-state index is -0.637. The number of ether oxygens (including phenoxy) is 1. The topological polar surface area (TPSA) is 49.9 Å². The minimum absolute atomic E-state index is 0.00392. The molecule has 162 valence electrons. The number of amides is 2. The lowest BCUT2D eigenvalue weighted by Crippen LogP contribution is -2.51. The third kappa shape index (κ3) is 3.84. The summed E-state index contributed by atoms with van der Waals surface area (Å²) in [5, 5.41) is 0.541. The van der Waals surface area contributed by atoms with Crippen LogP contribution in [0.3, 0.4) is 0 Å². The molecule has 6 heteroatoms. The van der Waals surface area contributed by atoms with Crippen LogP contribution in [0.2, 0.25) is 5.02 Å². The summed E-state index contributed by atoms with van der Waals surface area (Å²) in [6.45, 7) is 1.04. The van der Waals surface area contributed by atoms with Crippen LogP contribution in [0.1, 0.15) is 29.6 Å². The van der Waals surface area contributed by atoms with E-state index in [1.807, 2.05) is 59.5 Å². The third-order valence-electron chi connectivity index (χ3n) is 6.20. The predicted octanol–water partition coefficient (Wildman–Crippen LogP) is 5.46. The van der Waals surface area contributed by atoms with Gasteiger partial charge < -0.3 is 9.64 Å². The van der Waals surface area contributed by atoms with Crippen LogP contribution in [0.15, 0.2) is 78.9 Å². The molecule has 0 N–H and O–H groups in total. The summed E-state index contributed by atoms with van der Waals surface area (Å²) in [5.74, 6) is 0.640. The highest BCUT2D eigenvalue weighted by Gasteiger charge is 2.44. The predicted molar refractivity (Wildman–Crippen MR) is 125 cm³/mol. The Hall–Kier alpha value is -3.31. The summed E-state index contributed by atoms with van der Waals surface area (Å²) in [7, 11) is 0. The van der Waals surface area contributed by atoms with Crippen molar-refractivity contribution in [2.24, 2.45) is 0 Å². The summed E-state index contributed by atoms with van der Waals surface area (Å²) in [4.78, 5) is 30.0. The van der Waals surface area contributed by atoms with Gasteiger partial charge in [-0.3, -0.25) is 14.5 Å². The van der Waals surface area contributed by atoms with E-state index in [2.05, 4.69) is 0 Å². The number of benzene rings is 3. The SMILES string of the molecule is O=C(c1cccc(Cl)c1)N1CCC2(CC1)CC(=O)N(c1ccccc1)c1ccccc1O2. The second kappa shape index (κ2) is 8.32. The molecule has 3 aromatic rings. The maximum atomic E-state index is 13.5. The third-order valence-corrected chi connectivity index (χ3v) is 6.44. The Morgan fingerprint density at radius 2 is 1.62 bits per heavy atom. The molecule has 2 heterocycles. The Morgan fingerprint density at radius 3 is 2.38 bits per heavy atom. The molecule has 3 aromatic carbocycles. The van der Waals surface area contributed by atoms with E-state index in [9.17, 15) is 9.59 Å². The zero-order valence-corrected chi connectivity index (χ0v) is 18.3. The lowest BCUT2D eigenvalue weighted by atomic mass is 9.87. The van der Waals surface area contributed by atoms with Gasteiger partial charge in [-0.1, -0.05) is 48.0 Å². The van der Waals surface area contributed by atoms with Crippen LogP contribution >= 0.6 is 11.6 Å². The van der Waals surface area contributed by atoms with Crippen LogP contribution in [0.25, 0.3) is 0 Å². The van der Waals surface area contributed by atoms with E-state index in [1.54, 1.807) is 29.2 Å². The van der Waals surface area contributed by atoms with Crippen LogP contribution < -0.4 is 9.64 Å². The number of halogens is 1. The highest BCUT2D eigenvalue weighted by atomic mass is 35.5. The van der Waals surface area contributed by atoms with E-state index in [1.165, 1.54) is 0 Å². The Kier molecular flexibility index (Phi) is 5.35. The molecule has 0 bridgehead atoms. The van der Waals surface area contributed by atoms with E-state index in [-0.39, 0.29) is 18.2 Å². The van der Waals surface area contributed by atoms with Crippen molar-refractivity contribution in [1.29, 1.82) is 0 Å². The molecule has 5 nitrogen and oxygen atoms in total. The summed E-state index contributed by atoms with van der Waals surface area (Å²) in [6, 6.07) is 24.3. The van der Waals surface area contributed by atoms with E-state index in [0.29, 0.717) is 42.3 Å². The number of hydrogen-bond acceptors (Lipinski definition) is 3. The number of para-hydroxylation sites is 3. The average molecular weight is 447 g/mol. The monoisotopic (exact) mass is 446 g/mol. The molecule has 0 aromatic heterocycles. The molecule has 0 radical (unpaired) electrons. The standard InChI is InChI=1S/C26H23ClN2O3/c27-20-8-6-7-19(17-20)25(31)28-15-13-26(14-16-28)18-24(30)29(21-9-2-1-3-10-21)22-11-4-5-12-23(22)32-26/h1-12,17H,13-16,18H2. The van der Waals surface area contributed by atoms with Crippen molar-refractivity contribution >= 4 is 34.8 Å². The van der Waals surface area contributed by atoms with Crippen LogP contribution in [0.4, 0.5) is 11.4 Å². The summed E-state index contributed by atoms with van der Waals surface area (Å²) >= 11 is 6.06. The molecule has 1 saturated heterocycles. The Balaban J connectivity index is 1.40. The highest BCUT2D eigenvalue weighted by Crippen LogP contribution is 2.43. The first kappa shape index (κ1) is 20.6. The summed E-state index contributed by atoms with van der Waals surface area (Å²) in [5.41, 5.74) is 1.51. The number of fused-ring (bicyclic) bond motifs is 1. The maximum Gasteiger partial charge on any atom is 0.253 e. The van der Waals surface area contributed by atoms with Crippen molar-refractivity contribution in [3.05, 3.63) is 89.4 Å². The quantitative estimate of drug-likeness (QED) is 0.525. The van der Waals surface area contributed by atoms with Gasteiger partial charge in [0.2, 0.25) is 5.91 Å². The van der Waals surface area contributed by atoms with Crippen molar-refractivity contribution in [1.82, 2.24) is 4.90 Å². The fourth-order valence-corrected chi connectivity index (χ4v) is 4.74. The minimum Gasteiger partial charge on any atom is -0.484 e. The molecule has 1 fully saturated rings. The molecule has 32 heavy (non-hydrogen) atoms. The van der Waals surface area contributed by atoms with Crippen LogP contribution in [0, 0.1) is 0 Å². The van der Waals surface area contributed by atoms with Crippen LogP contribution in [0.5, 0.6) is 5.75 Å². The van der Waals surface area contributed by atoms with Gasteiger partial charge in [0.1, 0.15) is 11.4 Å². The first-order chi connectivity index (χ1) is 15.5. The summed E-state index contributed by atoms with van der Waals surface area (Å²) in [6.07, 6.45) is 1.43. The van der Waals surface area contributed by atoms with Crippen molar-refractivity contribution in [3.8, 4) is 5.75 Å². The Bertz CT molecular complexity index is 1160. The largest absolute Gasteiger partial charge is 0.484 e. The number of rotatable bonds is 2. The molecule has 0 unspecified atom stereocenters. The van der Waals surface area contributed by atoms with Gasteiger partial charge in [0.05, 0.1) is 12.1 Å². The zero-order valence-electron chi connectivity index (χ0n) is 17.5. The van der Waals surface area contributed by atoms with E-state index < -0.39 is 5.60 Å². The number of carbonyl (C=O) groups excluding carboxylic acids is 2. The van der Waals surface area contributed by atoms with Crippen molar-refractivity contribution in [2.75, 3.05) is 18.0 Å². The molecule has 0 saturated carbocycles. The second-order valence-corrected chi connectivity index (χ2v) is 8.73. The van der Waals surface area contributed by atoms with Crippen molar-refractivity contribution < 1.29 is 14.3 Å². The molecule has 1 spiro atoms. The van der Waals surface area contributed by atoms with E-state index >= 15 is 0 Å². The molecule has 5 rings (SSSR count). The molecule has 0 atom stereocenters. The lowest BCUT2D eigenvalue weighted by molar-refractivity contribution is -0.122. The van der Waals surface area contributed by atoms with Crippen LogP contribution in [-0.2, 0) is 4.79 Å². The molecule has 2 aliphatic heterocycles. The number of likely N-dealkylation sites (tertiary alicyclic amines) is 1. The average Bonchev–Trinajstić information content (AvgIpc) is 2.93. The van der Waals surface area contributed by atoms with Gasteiger partial charge in [-0.25, -0.2) is 0 Å². The van der Waals surface area contributed by atoms with E-state index in [0.717, 1.165) is 11.4 Å². The van der Waals surface area contributed by atoms with E-state index in [4.69, 9.17) is 16.3 Å². The first-order valence-corrected chi connectivity index (χ1v) is 11.1. The van der Waals surface area contributed by atoms with Gasteiger partial charge in [0, 0.05) is 42.2 Å². The molecule has 2 aliphatic rings. The van der Waals surface area contributed by atoms with Crippen molar-refractivity contribution in [2.45, 2.75) is 24.9 Å². The normalized spacial score (nSPS) is 17.5. The number of hydrogen-bond donors (Lipinski definition) is 0. The Labute approximate surface area is 192 Å². The molecular weight excluding hydrogens is 424 g/mol. The highest BCUT2D eigenvalue weighted by molar-refractivity contribution is 6.30. The van der Waals surface area contributed by atoms with Gasteiger partial charge in [0.25, 0.3) is 5.91 Å². The number of piperidine rings is 1. The number of nitrogens with zero attached hydrogens (tertiary/aromatic N) is 2. The first-order valence-electron chi connectivity index (χ1n) is 10.8. The van der Waals surface area contributed by atoms with Crippen molar-refractivity contribution in [3.63, 3.8) is 0 Å². The fraction of sp³-hybridized carbons (Fsp3) is 0.231. The number of carbonyl (C=O) groups is 2. The second-order valence-electron chi connectivity index (χ2n) is 8.30. The van der Waals surface area contributed by atoms with Gasteiger partial charge in [-0.05, 0) is 42.5 Å². The van der Waals surface area contributed by atoms with Gasteiger partial charge in [-0.2, -0.15) is 0 Å². The van der Waals surface area contributed by atoms with Crippen LogP contribution in [-0.4, -0.2) is 35.4 Å². The molecule has 0 aliphatic carbocycles. The Morgan fingerprint density at radius 1 is 0.906 bits per heavy atom. The lowest BCUT2D eigenvalue weighted by Gasteiger charge is -2.40. The van der Waals surface area contributed by atoms with Gasteiger partial charge >= 0.3 is 0 Å². The van der Waals surface area contributed by atoms with Gasteiger partial charge in [-0.15, -0.1) is 0 Å². The van der Waals surface area contributed by atoms with Gasteiger partial charge in [0.15, 0.2) is 0 Å². The summed E-state index contributed by atoms with van der Waals surface area (Å²) < 4.78 is 6.54. The molecular formula is C26H23ClN2O3.